The van der Waals surface area contributed by atoms with Gasteiger partial charge in [-0.1, -0.05) is 74.0 Å². The SMILES string of the molecule is CCC(C)NC(=O)C(CC)N(Cc1ccc(Cl)cc1)C(=O)COc1cccc2ccccc12. The van der Waals surface area contributed by atoms with E-state index in [4.69, 9.17) is 16.3 Å². The van der Waals surface area contributed by atoms with Crippen molar-refractivity contribution < 1.29 is 14.3 Å². The molecule has 0 heterocycles. The predicted octanol–water partition coefficient (Wildman–Crippen LogP) is 5.59. The number of amides is 2. The molecule has 1 N–H and O–H groups in total. The Bertz CT molecular complexity index is 1080. The molecular formula is C27H31ClN2O3. The van der Waals surface area contributed by atoms with Crippen LogP contribution in [0.2, 0.25) is 5.02 Å². The molecule has 0 spiro atoms. The van der Waals surface area contributed by atoms with E-state index in [9.17, 15) is 9.59 Å². The highest BCUT2D eigenvalue weighted by Crippen LogP contribution is 2.25. The zero-order valence-corrected chi connectivity index (χ0v) is 20.1. The van der Waals surface area contributed by atoms with Gasteiger partial charge in [-0.25, -0.2) is 0 Å². The van der Waals surface area contributed by atoms with Crippen molar-refractivity contribution in [3.63, 3.8) is 0 Å². The van der Waals surface area contributed by atoms with E-state index in [2.05, 4.69) is 5.32 Å². The molecule has 6 heteroatoms. The molecule has 0 aliphatic carbocycles. The van der Waals surface area contributed by atoms with E-state index in [-0.39, 0.29) is 24.5 Å². The molecule has 3 aromatic rings. The molecule has 0 saturated heterocycles. The van der Waals surface area contributed by atoms with E-state index < -0.39 is 6.04 Å². The maximum atomic E-state index is 13.4. The summed E-state index contributed by atoms with van der Waals surface area (Å²) in [5, 5.41) is 5.62. The smallest absolute Gasteiger partial charge is 0.261 e. The lowest BCUT2D eigenvalue weighted by Gasteiger charge is -2.31. The fourth-order valence-corrected chi connectivity index (χ4v) is 3.82. The molecular weight excluding hydrogens is 436 g/mol. The third-order valence-electron chi connectivity index (χ3n) is 5.75. The van der Waals surface area contributed by atoms with Gasteiger partial charge in [0.05, 0.1) is 0 Å². The van der Waals surface area contributed by atoms with Crippen molar-refractivity contribution in [2.45, 2.75) is 52.2 Å². The number of carbonyl (C=O) groups excluding carboxylic acids is 2. The molecule has 3 aromatic carbocycles. The first-order valence-corrected chi connectivity index (χ1v) is 11.8. The normalized spacial score (nSPS) is 12.7. The number of halogens is 1. The van der Waals surface area contributed by atoms with Gasteiger partial charge in [0.25, 0.3) is 5.91 Å². The molecule has 0 fully saturated rings. The van der Waals surface area contributed by atoms with Crippen LogP contribution in [-0.4, -0.2) is 35.4 Å². The first-order chi connectivity index (χ1) is 15.9. The topological polar surface area (TPSA) is 58.6 Å². The Labute approximate surface area is 200 Å². The molecule has 5 nitrogen and oxygen atoms in total. The van der Waals surface area contributed by atoms with Crippen LogP contribution in [0.15, 0.2) is 66.7 Å². The molecule has 2 unspecified atom stereocenters. The maximum Gasteiger partial charge on any atom is 0.261 e. The summed E-state index contributed by atoms with van der Waals surface area (Å²) in [5.41, 5.74) is 0.896. The summed E-state index contributed by atoms with van der Waals surface area (Å²) in [6.07, 6.45) is 1.31. The second-order valence-corrected chi connectivity index (χ2v) is 8.59. The summed E-state index contributed by atoms with van der Waals surface area (Å²) in [6.45, 7) is 6.02. The van der Waals surface area contributed by atoms with Gasteiger partial charge in [-0.2, -0.15) is 0 Å². The molecule has 0 aliphatic heterocycles. The highest BCUT2D eigenvalue weighted by atomic mass is 35.5. The van der Waals surface area contributed by atoms with E-state index in [1.54, 1.807) is 17.0 Å². The largest absolute Gasteiger partial charge is 0.483 e. The number of carbonyl (C=O) groups is 2. The van der Waals surface area contributed by atoms with Gasteiger partial charge in [0.2, 0.25) is 5.91 Å². The molecule has 2 atom stereocenters. The Morgan fingerprint density at radius 2 is 1.67 bits per heavy atom. The Morgan fingerprint density at radius 1 is 0.970 bits per heavy atom. The van der Waals surface area contributed by atoms with Crippen LogP contribution in [-0.2, 0) is 16.1 Å². The number of hydrogen-bond donors (Lipinski definition) is 1. The molecule has 174 valence electrons. The van der Waals surface area contributed by atoms with Crippen molar-refractivity contribution in [3.05, 3.63) is 77.3 Å². The van der Waals surface area contributed by atoms with Crippen molar-refractivity contribution >= 4 is 34.2 Å². The van der Waals surface area contributed by atoms with Gasteiger partial charge in [-0.15, -0.1) is 0 Å². The van der Waals surface area contributed by atoms with Gasteiger partial charge >= 0.3 is 0 Å². The predicted molar refractivity (Wildman–Crippen MR) is 133 cm³/mol. The fraction of sp³-hybridized carbons (Fsp3) is 0.333. The van der Waals surface area contributed by atoms with Crippen LogP contribution in [0.25, 0.3) is 10.8 Å². The summed E-state index contributed by atoms with van der Waals surface area (Å²) in [6, 6.07) is 20.4. The van der Waals surface area contributed by atoms with E-state index in [1.807, 2.05) is 75.4 Å². The maximum absolute atomic E-state index is 13.4. The summed E-state index contributed by atoms with van der Waals surface area (Å²) < 4.78 is 5.95. The van der Waals surface area contributed by atoms with Gasteiger partial charge in [-0.3, -0.25) is 9.59 Å². The zero-order valence-electron chi connectivity index (χ0n) is 19.4. The van der Waals surface area contributed by atoms with Crippen LogP contribution in [0, 0.1) is 0 Å². The Morgan fingerprint density at radius 3 is 2.36 bits per heavy atom. The summed E-state index contributed by atoms with van der Waals surface area (Å²) >= 11 is 6.02. The molecule has 33 heavy (non-hydrogen) atoms. The molecule has 0 bridgehead atoms. The molecule has 0 saturated carbocycles. The van der Waals surface area contributed by atoms with E-state index in [0.717, 1.165) is 22.8 Å². The van der Waals surface area contributed by atoms with Gasteiger partial charge in [0, 0.05) is 23.0 Å². The lowest BCUT2D eigenvalue weighted by Crippen LogP contribution is -2.51. The Balaban J connectivity index is 1.82. The third kappa shape index (κ3) is 6.48. The van der Waals surface area contributed by atoms with Crippen molar-refractivity contribution in [2.75, 3.05) is 6.61 Å². The van der Waals surface area contributed by atoms with Crippen LogP contribution < -0.4 is 10.1 Å². The average Bonchev–Trinajstić information content (AvgIpc) is 2.83. The first-order valence-electron chi connectivity index (χ1n) is 11.4. The van der Waals surface area contributed by atoms with Crippen LogP contribution >= 0.6 is 11.6 Å². The van der Waals surface area contributed by atoms with Gasteiger partial charge < -0.3 is 15.0 Å². The third-order valence-corrected chi connectivity index (χ3v) is 6.01. The number of nitrogens with one attached hydrogen (secondary N) is 1. The van der Waals surface area contributed by atoms with E-state index in [0.29, 0.717) is 23.7 Å². The van der Waals surface area contributed by atoms with E-state index in [1.165, 1.54) is 0 Å². The Hall–Kier alpha value is -3.05. The molecule has 0 aliphatic rings. The van der Waals surface area contributed by atoms with Crippen LogP contribution in [0.4, 0.5) is 0 Å². The average molecular weight is 467 g/mol. The van der Waals surface area contributed by atoms with Crippen LogP contribution in [0.3, 0.4) is 0 Å². The highest BCUT2D eigenvalue weighted by Gasteiger charge is 2.29. The number of ether oxygens (including phenoxy) is 1. The van der Waals surface area contributed by atoms with Crippen molar-refractivity contribution in [2.24, 2.45) is 0 Å². The second-order valence-electron chi connectivity index (χ2n) is 8.16. The van der Waals surface area contributed by atoms with Crippen molar-refractivity contribution in [3.8, 4) is 5.75 Å². The lowest BCUT2D eigenvalue weighted by atomic mass is 10.1. The standard InChI is InChI=1S/C27H31ClN2O3/c1-4-19(3)29-27(32)24(5-2)30(17-20-13-15-22(28)16-14-20)26(31)18-33-25-12-8-10-21-9-6-7-11-23(21)25/h6-16,19,24H,4-5,17-18H2,1-3H3,(H,29,32). The number of hydrogen-bond acceptors (Lipinski definition) is 3. The van der Waals surface area contributed by atoms with Gasteiger partial charge in [0.15, 0.2) is 6.61 Å². The Kier molecular flexibility index (Phi) is 8.72. The van der Waals surface area contributed by atoms with Crippen LogP contribution in [0.1, 0.15) is 39.2 Å². The number of benzene rings is 3. The quantitative estimate of drug-likeness (QED) is 0.423. The molecule has 0 aromatic heterocycles. The lowest BCUT2D eigenvalue weighted by molar-refractivity contribution is -0.143. The monoisotopic (exact) mass is 466 g/mol. The van der Waals surface area contributed by atoms with Crippen molar-refractivity contribution in [1.29, 1.82) is 0 Å². The zero-order chi connectivity index (χ0) is 23.8. The van der Waals surface area contributed by atoms with Crippen LogP contribution in [0.5, 0.6) is 5.75 Å². The first kappa shape index (κ1) is 24.6. The summed E-state index contributed by atoms with van der Waals surface area (Å²) in [5.74, 6) is 0.244. The second kappa shape index (κ2) is 11.7. The molecule has 3 rings (SSSR count). The fourth-order valence-electron chi connectivity index (χ4n) is 3.69. The summed E-state index contributed by atoms with van der Waals surface area (Å²) in [7, 11) is 0. The van der Waals surface area contributed by atoms with Gasteiger partial charge in [-0.05, 0) is 48.9 Å². The number of nitrogens with zero attached hydrogens (tertiary/aromatic N) is 1. The number of rotatable bonds is 10. The molecule has 0 radical (unpaired) electrons. The highest BCUT2D eigenvalue weighted by molar-refractivity contribution is 6.30. The summed E-state index contributed by atoms with van der Waals surface area (Å²) in [4.78, 5) is 28.0. The van der Waals surface area contributed by atoms with E-state index >= 15 is 0 Å². The van der Waals surface area contributed by atoms with Crippen molar-refractivity contribution in [1.82, 2.24) is 10.2 Å². The minimum Gasteiger partial charge on any atom is -0.483 e. The number of fused-ring (bicyclic) bond motifs is 1. The minimum absolute atomic E-state index is 0.0333. The minimum atomic E-state index is -0.599. The molecule has 2 amide bonds. The van der Waals surface area contributed by atoms with Gasteiger partial charge in [0.1, 0.15) is 11.8 Å².